The van der Waals surface area contributed by atoms with Crippen molar-refractivity contribution in [2.45, 2.75) is 50.9 Å². The highest BCUT2D eigenvalue weighted by Gasteiger charge is 2.24. The average Bonchev–Trinajstić information content (AvgIpc) is 3.14. The van der Waals surface area contributed by atoms with Crippen LogP contribution >= 0.6 is 11.8 Å². The van der Waals surface area contributed by atoms with Gasteiger partial charge in [0.15, 0.2) is 11.0 Å². The first-order chi connectivity index (χ1) is 14.1. The minimum absolute atomic E-state index is 0.156. The second kappa shape index (κ2) is 8.45. The van der Waals surface area contributed by atoms with E-state index in [4.69, 9.17) is 0 Å². The molecule has 0 aliphatic carbocycles. The van der Waals surface area contributed by atoms with Crippen LogP contribution in [-0.4, -0.2) is 49.0 Å². The first kappa shape index (κ1) is 19.8. The number of hydrogen-bond acceptors (Lipinski definition) is 5. The lowest BCUT2D eigenvalue weighted by Crippen LogP contribution is -2.43. The van der Waals surface area contributed by atoms with E-state index in [9.17, 15) is 9.90 Å². The number of aromatic nitrogens is 3. The van der Waals surface area contributed by atoms with E-state index in [2.05, 4.69) is 17.1 Å². The van der Waals surface area contributed by atoms with Crippen LogP contribution in [0.3, 0.4) is 0 Å². The van der Waals surface area contributed by atoms with E-state index in [1.165, 1.54) is 18.2 Å². The standard InChI is InChI=1S/C22H26N4O2S/c1-3-25-21(18-12-16-9-4-5-10-17(16)13-19(18)27)23-24-22(25)29-14-20(28)26-11-7-6-8-15(26)2/h4-5,9-10,12-13,15,27H,3,6-8,11,14H2,1-2H3/t15-/m1/s1. The molecule has 2 heterocycles. The van der Waals surface area contributed by atoms with Crippen LogP contribution in [0.2, 0.25) is 0 Å². The number of rotatable bonds is 5. The van der Waals surface area contributed by atoms with Crippen molar-refractivity contribution in [3.8, 4) is 17.1 Å². The predicted molar refractivity (Wildman–Crippen MR) is 116 cm³/mol. The Morgan fingerprint density at radius 2 is 1.97 bits per heavy atom. The molecule has 0 unspecified atom stereocenters. The van der Waals surface area contributed by atoms with Crippen molar-refractivity contribution in [1.29, 1.82) is 0 Å². The Labute approximate surface area is 174 Å². The third-order valence-electron chi connectivity index (χ3n) is 5.59. The number of carbonyl (C=O) groups is 1. The van der Waals surface area contributed by atoms with Crippen LogP contribution in [0.15, 0.2) is 41.6 Å². The third kappa shape index (κ3) is 3.96. The smallest absolute Gasteiger partial charge is 0.233 e. The summed E-state index contributed by atoms with van der Waals surface area (Å²) in [5, 5.41) is 21.9. The Hall–Kier alpha value is -2.54. The summed E-state index contributed by atoms with van der Waals surface area (Å²) in [6.45, 7) is 5.64. The van der Waals surface area contributed by atoms with Crippen molar-refractivity contribution in [3.05, 3.63) is 36.4 Å². The molecule has 0 spiro atoms. The normalized spacial score (nSPS) is 17.0. The molecule has 3 aromatic rings. The number of hydrogen-bond donors (Lipinski definition) is 1. The number of fused-ring (bicyclic) bond motifs is 1. The molecule has 4 rings (SSSR count). The van der Waals surface area contributed by atoms with Gasteiger partial charge in [0, 0.05) is 19.1 Å². The molecule has 0 radical (unpaired) electrons. The number of benzene rings is 2. The maximum atomic E-state index is 12.7. The summed E-state index contributed by atoms with van der Waals surface area (Å²) in [6, 6.07) is 11.9. The highest BCUT2D eigenvalue weighted by atomic mass is 32.2. The highest BCUT2D eigenvalue weighted by Crippen LogP contribution is 2.34. The van der Waals surface area contributed by atoms with Crippen LogP contribution in [0, 0.1) is 0 Å². The van der Waals surface area contributed by atoms with E-state index < -0.39 is 0 Å². The zero-order valence-electron chi connectivity index (χ0n) is 16.8. The van der Waals surface area contributed by atoms with Crippen LogP contribution in [0.25, 0.3) is 22.2 Å². The van der Waals surface area contributed by atoms with Crippen molar-refractivity contribution in [1.82, 2.24) is 19.7 Å². The minimum Gasteiger partial charge on any atom is -0.507 e. The van der Waals surface area contributed by atoms with Gasteiger partial charge in [-0.2, -0.15) is 0 Å². The summed E-state index contributed by atoms with van der Waals surface area (Å²) in [5.41, 5.74) is 0.654. The number of likely N-dealkylation sites (tertiary alicyclic amines) is 1. The van der Waals surface area contributed by atoms with Crippen LogP contribution in [-0.2, 0) is 11.3 Å². The van der Waals surface area contributed by atoms with Gasteiger partial charge < -0.3 is 14.6 Å². The third-order valence-corrected chi connectivity index (χ3v) is 6.54. The fraction of sp³-hybridized carbons (Fsp3) is 0.409. The van der Waals surface area contributed by atoms with E-state index in [0.717, 1.165) is 30.2 Å². The summed E-state index contributed by atoms with van der Waals surface area (Å²) in [5.74, 6) is 1.31. The molecule has 1 atom stereocenters. The quantitative estimate of drug-likeness (QED) is 0.635. The van der Waals surface area contributed by atoms with Gasteiger partial charge in [-0.05, 0) is 56.0 Å². The van der Waals surface area contributed by atoms with Crippen LogP contribution in [0.5, 0.6) is 5.75 Å². The van der Waals surface area contributed by atoms with Crippen LogP contribution < -0.4 is 0 Å². The molecule has 6 nitrogen and oxygen atoms in total. The molecule has 1 amide bonds. The SMILES string of the molecule is CCn1c(SCC(=O)N2CCCC[C@H]2C)nnc1-c1cc2ccccc2cc1O. The Balaban J connectivity index is 1.57. The van der Waals surface area contributed by atoms with Gasteiger partial charge in [-0.1, -0.05) is 36.0 Å². The second-order valence-electron chi connectivity index (χ2n) is 7.49. The zero-order valence-corrected chi connectivity index (χ0v) is 17.7. The van der Waals surface area contributed by atoms with E-state index in [-0.39, 0.29) is 11.7 Å². The fourth-order valence-electron chi connectivity index (χ4n) is 3.96. The summed E-state index contributed by atoms with van der Waals surface area (Å²) in [6.07, 6.45) is 3.35. The highest BCUT2D eigenvalue weighted by molar-refractivity contribution is 7.99. The largest absolute Gasteiger partial charge is 0.507 e. The molecule has 1 aliphatic rings. The zero-order chi connectivity index (χ0) is 20.4. The lowest BCUT2D eigenvalue weighted by atomic mass is 10.0. The van der Waals surface area contributed by atoms with Crippen LogP contribution in [0.4, 0.5) is 0 Å². The molecule has 1 aromatic heterocycles. The first-order valence-corrected chi connectivity index (χ1v) is 11.1. The molecule has 152 valence electrons. The number of aromatic hydroxyl groups is 1. The Morgan fingerprint density at radius 3 is 2.69 bits per heavy atom. The van der Waals surface area contributed by atoms with Gasteiger partial charge in [-0.3, -0.25) is 4.79 Å². The van der Waals surface area contributed by atoms with Gasteiger partial charge in [0.05, 0.1) is 11.3 Å². The van der Waals surface area contributed by atoms with Crippen molar-refractivity contribution in [2.24, 2.45) is 0 Å². The molecule has 1 saturated heterocycles. The molecule has 1 aliphatic heterocycles. The molecular weight excluding hydrogens is 384 g/mol. The average molecular weight is 411 g/mol. The van der Waals surface area contributed by atoms with Crippen molar-refractivity contribution >= 4 is 28.4 Å². The molecule has 1 N–H and O–H groups in total. The van der Waals surface area contributed by atoms with Gasteiger partial charge in [-0.15, -0.1) is 10.2 Å². The topological polar surface area (TPSA) is 71.2 Å². The van der Waals surface area contributed by atoms with E-state index in [1.54, 1.807) is 6.07 Å². The summed E-state index contributed by atoms with van der Waals surface area (Å²) in [7, 11) is 0. The van der Waals surface area contributed by atoms with Gasteiger partial charge in [0.1, 0.15) is 5.75 Å². The van der Waals surface area contributed by atoms with E-state index in [1.807, 2.05) is 46.7 Å². The second-order valence-corrected chi connectivity index (χ2v) is 8.43. The van der Waals surface area contributed by atoms with Crippen molar-refractivity contribution < 1.29 is 9.90 Å². The molecule has 29 heavy (non-hydrogen) atoms. The number of phenols is 1. The number of phenolic OH excluding ortho intramolecular Hbond substituents is 1. The molecule has 1 fully saturated rings. The number of amides is 1. The predicted octanol–water partition coefficient (Wildman–Crippen LogP) is 4.32. The molecule has 2 aromatic carbocycles. The Kier molecular flexibility index (Phi) is 5.76. The van der Waals surface area contributed by atoms with E-state index in [0.29, 0.717) is 34.9 Å². The lowest BCUT2D eigenvalue weighted by Gasteiger charge is -2.33. The van der Waals surface area contributed by atoms with E-state index >= 15 is 0 Å². The maximum absolute atomic E-state index is 12.7. The lowest BCUT2D eigenvalue weighted by molar-refractivity contribution is -0.131. The molecule has 7 heteroatoms. The number of piperidine rings is 1. The molecular formula is C22H26N4O2S. The Morgan fingerprint density at radius 1 is 1.21 bits per heavy atom. The van der Waals surface area contributed by atoms with Crippen molar-refractivity contribution in [2.75, 3.05) is 12.3 Å². The molecule has 0 bridgehead atoms. The number of thioether (sulfide) groups is 1. The Bertz CT molecular complexity index is 1030. The monoisotopic (exact) mass is 410 g/mol. The summed E-state index contributed by atoms with van der Waals surface area (Å²) in [4.78, 5) is 14.7. The van der Waals surface area contributed by atoms with Gasteiger partial charge in [0.25, 0.3) is 0 Å². The van der Waals surface area contributed by atoms with Gasteiger partial charge in [0.2, 0.25) is 5.91 Å². The summed E-state index contributed by atoms with van der Waals surface area (Å²) < 4.78 is 1.96. The maximum Gasteiger partial charge on any atom is 0.233 e. The van der Waals surface area contributed by atoms with Gasteiger partial charge >= 0.3 is 0 Å². The van der Waals surface area contributed by atoms with Crippen LogP contribution in [0.1, 0.15) is 33.1 Å². The fourth-order valence-corrected chi connectivity index (χ4v) is 4.85. The number of nitrogens with zero attached hydrogens (tertiary/aromatic N) is 4. The molecule has 0 saturated carbocycles. The minimum atomic E-state index is 0.156. The first-order valence-electron chi connectivity index (χ1n) is 10.2. The summed E-state index contributed by atoms with van der Waals surface area (Å²) >= 11 is 1.42. The van der Waals surface area contributed by atoms with Gasteiger partial charge in [-0.25, -0.2) is 0 Å². The van der Waals surface area contributed by atoms with Crippen molar-refractivity contribution in [3.63, 3.8) is 0 Å². The number of carbonyl (C=O) groups excluding carboxylic acids is 1.